The Morgan fingerprint density at radius 1 is 1.36 bits per heavy atom. The Hall–Kier alpha value is -0.850. The lowest BCUT2D eigenvalue weighted by atomic mass is 10.2. The number of rotatable bonds is 7. The Balaban J connectivity index is 1.92. The van der Waals surface area contributed by atoms with Gasteiger partial charge in [-0.05, 0) is 46.7 Å². The van der Waals surface area contributed by atoms with E-state index in [0.717, 1.165) is 51.9 Å². The van der Waals surface area contributed by atoms with Gasteiger partial charge in [0, 0.05) is 44.8 Å². The molecule has 0 amide bonds. The van der Waals surface area contributed by atoms with E-state index < -0.39 is 0 Å². The minimum atomic E-state index is 0.444. The summed E-state index contributed by atoms with van der Waals surface area (Å²) in [6, 6.07) is 1.59. The lowest BCUT2D eigenvalue weighted by Crippen LogP contribution is -2.50. The maximum Gasteiger partial charge on any atom is 0.193 e. The molecular weight excluding hydrogens is 314 g/mol. The summed E-state index contributed by atoms with van der Waals surface area (Å²) in [7, 11) is 2.18. The predicted molar refractivity (Wildman–Crippen MR) is 105 cm³/mol. The lowest BCUT2D eigenvalue weighted by molar-refractivity contribution is -0.0166. The second-order valence-corrected chi connectivity index (χ2v) is 7.51. The molecule has 2 aliphatic rings. The zero-order valence-electron chi connectivity index (χ0n) is 17.0. The van der Waals surface area contributed by atoms with Crippen LogP contribution in [0.5, 0.6) is 0 Å². The fourth-order valence-corrected chi connectivity index (χ4v) is 4.11. The largest absolute Gasteiger partial charge is 0.379 e. The van der Waals surface area contributed by atoms with Gasteiger partial charge >= 0.3 is 0 Å². The number of nitrogens with one attached hydrogen (secondary N) is 1. The molecule has 0 saturated carbocycles. The second kappa shape index (κ2) is 10.3. The molecule has 0 aliphatic carbocycles. The van der Waals surface area contributed by atoms with Crippen molar-refractivity contribution in [2.75, 3.05) is 59.5 Å². The van der Waals surface area contributed by atoms with Crippen molar-refractivity contribution in [2.45, 2.75) is 58.7 Å². The maximum absolute atomic E-state index is 5.56. The average Bonchev–Trinajstić information content (AvgIpc) is 3.05. The normalized spacial score (nSPS) is 27.5. The minimum Gasteiger partial charge on any atom is -0.379 e. The summed E-state index contributed by atoms with van der Waals surface area (Å²) in [5.41, 5.74) is 0. The molecule has 0 spiro atoms. The smallest absolute Gasteiger partial charge is 0.193 e. The van der Waals surface area contributed by atoms with Crippen LogP contribution in [0.1, 0.15) is 40.5 Å². The second-order valence-electron chi connectivity index (χ2n) is 7.51. The third-order valence-electron chi connectivity index (χ3n) is 5.58. The van der Waals surface area contributed by atoms with Gasteiger partial charge in [0.1, 0.15) is 0 Å². The van der Waals surface area contributed by atoms with E-state index in [4.69, 9.17) is 9.73 Å². The summed E-state index contributed by atoms with van der Waals surface area (Å²) in [4.78, 5) is 12.4. The average molecular weight is 354 g/mol. The van der Waals surface area contributed by atoms with Crippen molar-refractivity contribution >= 4 is 5.96 Å². The molecule has 25 heavy (non-hydrogen) atoms. The Bertz CT molecular complexity index is 417. The monoisotopic (exact) mass is 353 g/mol. The minimum absolute atomic E-state index is 0.444. The van der Waals surface area contributed by atoms with Crippen LogP contribution < -0.4 is 5.32 Å². The Morgan fingerprint density at radius 2 is 2.16 bits per heavy atom. The summed E-state index contributed by atoms with van der Waals surface area (Å²) in [6.45, 7) is 16.8. The van der Waals surface area contributed by atoms with Gasteiger partial charge in [0.05, 0.1) is 19.8 Å². The first kappa shape index (κ1) is 20.5. The number of likely N-dealkylation sites (N-methyl/N-ethyl adjacent to an activating group) is 2. The van der Waals surface area contributed by atoms with Gasteiger partial charge in [-0.2, -0.15) is 0 Å². The SMILES string of the molecule is CCNC(=NCC(C)N1CCOCC1C)N(C)CC1CCCN1CC. The molecule has 2 rings (SSSR count). The van der Waals surface area contributed by atoms with Gasteiger partial charge in [0.15, 0.2) is 5.96 Å². The molecule has 2 fully saturated rings. The molecule has 2 saturated heterocycles. The zero-order chi connectivity index (χ0) is 18.2. The van der Waals surface area contributed by atoms with Crippen LogP contribution in [0.3, 0.4) is 0 Å². The predicted octanol–water partition coefficient (Wildman–Crippen LogP) is 1.48. The van der Waals surface area contributed by atoms with E-state index >= 15 is 0 Å². The van der Waals surface area contributed by atoms with Gasteiger partial charge in [-0.1, -0.05) is 6.92 Å². The van der Waals surface area contributed by atoms with Gasteiger partial charge in [-0.3, -0.25) is 14.8 Å². The standard InChI is InChI=1S/C19H39N5O/c1-6-20-19(22(5)14-18-9-8-10-23(18)7-2)21-13-16(3)24-11-12-25-15-17(24)4/h16-18H,6-15H2,1-5H3,(H,20,21). The zero-order valence-corrected chi connectivity index (χ0v) is 17.0. The highest BCUT2D eigenvalue weighted by Gasteiger charge is 2.26. The summed E-state index contributed by atoms with van der Waals surface area (Å²) in [5, 5.41) is 3.47. The summed E-state index contributed by atoms with van der Waals surface area (Å²) in [6.07, 6.45) is 2.63. The highest BCUT2D eigenvalue weighted by Crippen LogP contribution is 2.17. The number of morpholine rings is 1. The topological polar surface area (TPSA) is 43.3 Å². The van der Waals surface area contributed by atoms with Crippen LogP contribution in [-0.2, 0) is 4.74 Å². The summed E-state index contributed by atoms with van der Waals surface area (Å²) < 4.78 is 5.56. The highest BCUT2D eigenvalue weighted by molar-refractivity contribution is 5.79. The van der Waals surface area contributed by atoms with Crippen LogP contribution in [0.15, 0.2) is 4.99 Å². The molecule has 0 radical (unpaired) electrons. The number of guanidine groups is 1. The Kier molecular flexibility index (Phi) is 8.46. The van der Waals surface area contributed by atoms with Crippen LogP contribution in [-0.4, -0.2) is 98.3 Å². The van der Waals surface area contributed by atoms with Crippen LogP contribution in [0.25, 0.3) is 0 Å². The highest BCUT2D eigenvalue weighted by atomic mass is 16.5. The lowest BCUT2D eigenvalue weighted by Gasteiger charge is -2.37. The number of aliphatic imine (C=N–C) groups is 1. The van der Waals surface area contributed by atoms with Crippen LogP contribution in [0, 0.1) is 0 Å². The van der Waals surface area contributed by atoms with Crippen molar-refractivity contribution in [3.8, 4) is 0 Å². The van der Waals surface area contributed by atoms with E-state index in [2.05, 4.69) is 54.8 Å². The Morgan fingerprint density at radius 3 is 2.84 bits per heavy atom. The molecule has 2 heterocycles. The van der Waals surface area contributed by atoms with Crippen molar-refractivity contribution in [3.05, 3.63) is 0 Å². The molecule has 3 atom stereocenters. The summed E-state index contributed by atoms with van der Waals surface area (Å²) in [5.74, 6) is 1.04. The van der Waals surface area contributed by atoms with E-state index in [0.29, 0.717) is 18.1 Å². The molecular formula is C19H39N5O. The molecule has 0 bridgehead atoms. The van der Waals surface area contributed by atoms with Crippen molar-refractivity contribution in [1.29, 1.82) is 0 Å². The van der Waals surface area contributed by atoms with Gasteiger partial charge in [0.25, 0.3) is 0 Å². The molecule has 6 heteroatoms. The molecule has 0 aromatic heterocycles. The number of hydrogen-bond acceptors (Lipinski definition) is 4. The van der Waals surface area contributed by atoms with E-state index in [1.165, 1.54) is 19.4 Å². The first-order valence-electron chi connectivity index (χ1n) is 10.1. The van der Waals surface area contributed by atoms with Crippen LogP contribution in [0.2, 0.25) is 0 Å². The first-order valence-corrected chi connectivity index (χ1v) is 10.1. The Labute approximate surface area is 154 Å². The van der Waals surface area contributed by atoms with Crippen LogP contribution in [0.4, 0.5) is 0 Å². The number of hydrogen-bond donors (Lipinski definition) is 1. The van der Waals surface area contributed by atoms with Crippen molar-refractivity contribution < 1.29 is 4.74 Å². The van der Waals surface area contributed by atoms with Crippen molar-refractivity contribution in [3.63, 3.8) is 0 Å². The fourth-order valence-electron chi connectivity index (χ4n) is 4.11. The van der Waals surface area contributed by atoms with E-state index in [1.807, 2.05) is 0 Å². The number of ether oxygens (including phenoxy) is 1. The van der Waals surface area contributed by atoms with Gasteiger partial charge in [-0.25, -0.2) is 0 Å². The van der Waals surface area contributed by atoms with E-state index in [1.54, 1.807) is 0 Å². The molecule has 1 N–H and O–H groups in total. The molecule has 6 nitrogen and oxygen atoms in total. The third-order valence-corrected chi connectivity index (χ3v) is 5.58. The van der Waals surface area contributed by atoms with E-state index in [9.17, 15) is 0 Å². The van der Waals surface area contributed by atoms with Gasteiger partial charge < -0.3 is 15.0 Å². The molecule has 3 unspecified atom stereocenters. The van der Waals surface area contributed by atoms with Crippen LogP contribution >= 0.6 is 0 Å². The molecule has 2 aliphatic heterocycles. The van der Waals surface area contributed by atoms with Gasteiger partial charge in [-0.15, -0.1) is 0 Å². The third kappa shape index (κ3) is 5.83. The number of likely N-dealkylation sites (tertiary alicyclic amines) is 1. The van der Waals surface area contributed by atoms with E-state index in [-0.39, 0.29) is 0 Å². The molecule has 146 valence electrons. The first-order chi connectivity index (χ1) is 12.1. The quantitative estimate of drug-likeness (QED) is 0.555. The van der Waals surface area contributed by atoms with Crippen molar-refractivity contribution in [1.82, 2.24) is 20.0 Å². The molecule has 0 aromatic carbocycles. The number of nitrogens with zero attached hydrogens (tertiary/aromatic N) is 4. The maximum atomic E-state index is 5.56. The molecule has 0 aromatic rings. The fraction of sp³-hybridized carbons (Fsp3) is 0.947. The van der Waals surface area contributed by atoms with Gasteiger partial charge in [0.2, 0.25) is 0 Å². The summed E-state index contributed by atoms with van der Waals surface area (Å²) >= 11 is 0. The van der Waals surface area contributed by atoms with Crippen molar-refractivity contribution in [2.24, 2.45) is 4.99 Å².